The lowest BCUT2D eigenvalue weighted by atomic mass is 10.1. The van der Waals surface area contributed by atoms with Crippen molar-refractivity contribution < 1.29 is 14.3 Å². The quantitative estimate of drug-likeness (QED) is 0.318. The summed E-state index contributed by atoms with van der Waals surface area (Å²) in [5, 5.41) is 13.9. The van der Waals surface area contributed by atoms with E-state index in [1.807, 2.05) is 43.4 Å². The van der Waals surface area contributed by atoms with E-state index in [2.05, 4.69) is 40.6 Å². The molecule has 0 atom stereocenters. The van der Waals surface area contributed by atoms with Gasteiger partial charge in [-0.15, -0.1) is 11.6 Å². The number of hydrogen-bond donors (Lipinski definition) is 1. The zero-order chi connectivity index (χ0) is 22.1. The molecule has 0 amide bonds. The molecule has 2 aromatic carbocycles. The maximum atomic E-state index is 9.82. The third-order valence-corrected chi connectivity index (χ3v) is 4.68. The third kappa shape index (κ3) is 5.05. The van der Waals surface area contributed by atoms with Crippen LogP contribution in [0.25, 0.3) is 22.2 Å². The summed E-state index contributed by atoms with van der Waals surface area (Å²) in [7, 11) is 3.56. The number of alkyl halides is 1. The minimum atomic E-state index is 0.218. The summed E-state index contributed by atoms with van der Waals surface area (Å²) in [5.41, 5.74) is 4.73. The van der Waals surface area contributed by atoms with Gasteiger partial charge in [-0.2, -0.15) is 5.26 Å². The van der Waals surface area contributed by atoms with Gasteiger partial charge in [0.2, 0.25) is 0 Å². The Morgan fingerprint density at radius 2 is 2.03 bits per heavy atom. The summed E-state index contributed by atoms with van der Waals surface area (Å²) in [5.74, 6) is 1.17. The van der Waals surface area contributed by atoms with E-state index in [4.69, 9.17) is 16.3 Å². The van der Waals surface area contributed by atoms with Gasteiger partial charge in [0.25, 0.3) is 6.47 Å². The SMILES string of the molecule is CNc1cccc(-c2c(C#N)c3ccc(OC)cc3n2C(C)C)c1.O=COCCCl. The van der Waals surface area contributed by atoms with Gasteiger partial charge in [0.1, 0.15) is 18.4 Å². The zero-order valence-electron chi connectivity index (χ0n) is 17.6. The summed E-state index contributed by atoms with van der Waals surface area (Å²) in [4.78, 5) is 9.28. The molecule has 0 fully saturated rings. The van der Waals surface area contributed by atoms with Gasteiger partial charge in [0.05, 0.1) is 29.8 Å². The van der Waals surface area contributed by atoms with Crippen LogP contribution in [0.1, 0.15) is 25.5 Å². The van der Waals surface area contributed by atoms with Gasteiger partial charge in [0, 0.05) is 35.8 Å². The molecule has 3 aromatic rings. The normalized spacial score (nSPS) is 10.2. The molecule has 0 aliphatic carbocycles. The molecule has 30 heavy (non-hydrogen) atoms. The Morgan fingerprint density at radius 1 is 1.27 bits per heavy atom. The Hall–Kier alpha value is -3.17. The number of rotatable bonds is 7. The van der Waals surface area contributed by atoms with Crippen LogP contribution in [0.2, 0.25) is 0 Å². The predicted octanol–water partition coefficient (Wildman–Crippen LogP) is 5.21. The molecule has 0 saturated heterocycles. The van der Waals surface area contributed by atoms with E-state index < -0.39 is 0 Å². The van der Waals surface area contributed by atoms with Crippen LogP contribution >= 0.6 is 11.6 Å². The number of nitrogens with one attached hydrogen (secondary N) is 1. The van der Waals surface area contributed by atoms with E-state index in [0.29, 0.717) is 24.5 Å². The van der Waals surface area contributed by atoms with Crippen LogP contribution in [-0.4, -0.2) is 37.7 Å². The lowest BCUT2D eigenvalue weighted by Gasteiger charge is -2.16. The van der Waals surface area contributed by atoms with Crippen molar-refractivity contribution >= 4 is 34.7 Å². The van der Waals surface area contributed by atoms with Crippen molar-refractivity contribution in [3.8, 4) is 23.1 Å². The third-order valence-electron chi connectivity index (χ3n) is 4.53. The number of carbonyl (C=O) groups is 1. The van der Waals surface area contributed by atoms with Crippen LogP contribution in [-0.2, 0) is 9.53 Å². The lowest BCUT2D eigenvalue weighted by molar-refractivity contribution is -0.128. The largest absolute Gasteiger partial charge is 0.497 e. The number of methoxy groups -OCH3 is 1. The minimum Gasteiger partial charge on any atom is -0.497 e. The van der Waals surface area contributed by atoms with Crippen LogP contribution in [0.3, 0.4) is 0 Å². The van der Waals surface area contributed by atoms with E-state index in [-0.39, 0.29) is 6.04 Å². The molecule has 3 rings (SSSR count). The fourth-order valence-corrected chi connectivity index (χ4v) is 3.35. The molecule has 0 radical (unpaired) electrons. The van der Waals surface area contributed by atoms with Crippen molar-refractivity contribution in [2.45, 2.75) is 19.9 Å². The second-order valence-corrected chi connectivity index (χ2v) is 7.05. The van der Waals surface area contributed by atoms with E-state index >= 15 is 0 Å². The highest BCUT2D eigenvalue weighted by Gasteiger charge is 2.21. The van der Waals surface area contributed by atoms with Gasteiger partial charge < -0.3 is 19.4 Å². The molecular weight excluding hydrogens is 402 g/mol. The molecule has 0 aliphatic heterocycles. The number of nitriles is 1. The van der Waals surface area contributed by atoms with Crippen LogP contribution in [0, 0.1) is 11.3 Å². The molecule has 0 saturated carbocycles. The van der Waals surface area contributed by atoms with E-state index in [1.165, 1.54) is 0 Å². The van der Waals surface area contributed by atoms with E-state index in [0.717, 1.165) is 33.6 Å². The average molecular weight is 428 g/mol. The second kappa shape index (κ2) is 11.1. The van der Waals surface area contributed by atoms with E-state index in [9.17, 15) is 10.1 Å². The number of anilines is 1. The molecule has 0 aliphatic rings. The number of halogens is 1. The number of nitrogens with zero attached hydrogens (tertiary/aromatic N) is 2. The van der Waals surface area contributed by atoms with Crippen molar-refractivity contribution in [1.29, 1.82) is 5.26 Å². The number of carbonyl (C=O) groups excluding carboxylic acids is 1. The first-order valence-corrected chi connectivity index (χ1v) is 10.1. The smallest absolute Gasteiger partial charge is 0.293 e. The number of fused-ring (bicyclic) bond motifs is 1. The Morgan fingerprint density at radius 3 is 2.57 bits per heavy atom. The van der Waals surface area contributed by atoms with Crippen LogP contribution in [0.15, 0.2) is 42.5 Å². The van der Waals surface area contributed by atoms with Crippen molar-refractivity contribution in [3.05, 3.63) is 48.0 Å². The molecule has 6 nitrogen and oxygen atoms in total. The molecule has 1 aromatic heterocycles. The Balaban J connectivity index is 0.000000469. The van der Waals surface area contributed by atoms with Crippen molar-refractivity contribution in [1.82, 2.24) is 4.57 Å². The molecule has 1 N–H and O–H groups in total. The average Bonchev–Trinajstić information content (AvgIpc) is 3.11. The standard InChI is InChI=1S/C20H21N3O.C3H5ClO2/c1-13(2)23-19-11-16(24-4)8-9-17(19)18(12-21)20(23)14-6-5-7-15(10-14)22-3;4-1-2-6-3-5/h5-11,13,22H,1-4H3;3H,1-2H2. The molecule has 0 unspecified atom stereocenters. The first kappa shape index (κ1) is 23.1. The first-order chi connectivity index (χ1) is 14.5. The summed E-state index contributed by atoms with van der Waals surface area (Å²) in [6.45, 7) is 4.95. The number of aromatic nitrogens is 1. The Bertz CT molecular complexity index is 1040. The fourth-order valence-electron chi connectivity index (χ4n) is 3.27. The van der Waals surface area contributed by atoms with Gasteiger partial charge in [0.15, 0.2) is 0 Å². The van der Waals surface area contributed by atoms with Gasteiger partial charge in [-0.3, -0.25) is 4.79 Å². The molecule has 158 valence electrons. The van der Waals surface area contributed by atoms with Gasteiger partial charge in [-0.1, -0.05) is 12.1 Å². The highest BCUT2D eigenvalue weighted by atomic mass is 35.5. The minimum absolute atomic E-state index is 0.218. The van der Waals surface area contributed by atoms with Gasteiger partial charge >= 0.3 is 0 Å². The predicted molar refractivity (Wildman–Crippen MR) is 121 cm³/mol. The maximum absolute atomic E-state index is 9.82. The summed E-state index contributed by atoms with van der Waals surface area (Å²) in [6.07, 6.45) is 0. The Kier molecular flexibility index (Phi) is 8.57. The van der Waals surface area contributed by atoms with Gasteiger partial charge in [-0.25, -0.2) is 0 Å². The topological polar surface area (TPSA) is 76.3 Å². The first-order valence-electron chi connectivity index (χ1n) is 9.53. The number of ether oxygens (including phenoxy) is 2. The summed E-state index contributed by atoms with van der Waals surface area (Å²) in [6, 6.07) is 16.6. The molecule has 0 bridgehead atoms. The monoisotopic (exact) mass is 427 g/mol. The summed E-state index contributed by atoms with van der Waals surface area (Å²) >= 11 is 5.10. The Labute approximate surface area is 182 Å². The van der Waals surface area contributed by atoms with Crippen LogP contribution < -0.4 is 10.1 Å². The van der Waals surface area contributed by atoms with Crippen molar-refractivity contribution in [2.24, 2.45) is 0 Å². The summed E-state index contributed by atoms with van der Waals surface area (Å²) < 4.78 is 11.8. The van der Waals surface area contributed by atoms with Crippen molar-refractivity contribution in [2.75, 3.05) is 32.0 Å². The number of hydrogen-bond acceptors (Lipinski definition) is 5. The molecule has 0 spiro atoms. The van der Waals surface area contributed by atoms with E-state index in [1.54, 1.807) is 7.11 Å². The lowest BCUT2D eigenvalue weighted by Crippen LogP contribution is -2.03. The van der Waals surface area contributed by atoms with Crippen LogP contribution in [0.5, 0.6) is 5.75 Å². The van der Waals surface area contributed by atoms with Crippen molar-refractivity contribution in [3.63, 3.8) is 0 Å². The highest BCUT2D eigenvalue weighted by Crippen LogP contribution is 2.38. The van der Waals surface area contributed by atoms with Crippen LogP contribution in [0.4, 0.5) is 5.69 Å². The maximum Gasteiger partial charge on any atom is 0.293 e. The molecule has 7 heteroatoms. The highest BCUT2D eigenvalue weighted by molar-refractivity contribution is 6.18. The second-order valence-electron chi connectivity index (χ2n) is 6.67. The molecule has 1 heterocycles. The number of benzene rings is 2. The van der Waals surface area contributed by atoms with Gasteiger partial charge in [-0.05, 0) is 38.1 Å². The fraction of sp³-hybridized carbons (Fsp3) is 0.304. The zero-order valence-corrected chi connectivity index (χ0v) is 18.4. The molecular formula is C23H26ClN3O3.